The first-order chi connectivity index (χ1) is 8.46. The van der Waals surface area contributed by atoms with Crippen LogP contribution >= 0.6 is 0 Å². The van der Waals surface area contributed by atoms with Gasteiger partial charge in [-0.15, -0.1) is 11.8 Å². The average Bonchev–Trinajstić information content (AvgIpc) is 2.65. The van der Waals surface area contributed by atoms with Gasteiger partial charge < -0.3 is 0 Å². The van der Waals surface area contributed by atoms with E-state index < -0.39 is 8.07 Å². The number of carbonyl (C=O) groups excluding carboxylic acids is 1. The van der Waals surface area contributed by atoms with E-state index in [9.17, 15) is 4.79 Å². The van der Waals surface area contributed by atoms with E-state index in [0.717, 1.165) is 25.7 Å². The Morgan fingerprint density at radius 3 is 2.56 bits per heavy atom. The van der Waals surface area contributed by atoms with Crippen LogP contribution in [0.5, 0.6) is 0 Å². The van der Waals surface area contributed by atoms with E-state index in [-0.39, 0.29) is 5.92 Å². The van der Waals surface area contributed by atoms with E-state index in [1.54, 1.807) is 0 Å². The summed E-state index contributed by atoms with van der Waals surface area (Å²) in [7, 11) is -1.20. The van der Waals surface area contributed by atoms with Gasteiger partial charge in [-0.2, -0.15) is 0 Å². The number of hydrogen-bond donors (Lipinski definition) is 0. The summed E-state index contributed by atoms with van der Waals surface area (Å²) < 4.78 is 0. The molecule has 0 aromatic heterocycles. The summed E-state index contributed by atoms with van der Waals surface area (Å²) in [5, 5.41) is 0. The van der Waals surface area contributed by atoms with Crippen molar-refractivity contribution in [2.24, 2.45) is 5.92 Å². The average molecular weight is 264 g/mol. The predicted octanol–water partition coefficient (Wildman–Crippen LogP) is 4.65. The van der Waals surface area contributed by atoms with Gasteiger partial charge in [0.05, 0.1) is 0 Å². The lowest BCUT2D eigenvalue weighted by Crippen LogP contribution is -2.32. The van der Waals surface area contributed by atoms with Crippen LogP contribution in [0, 0.1) is 17.8 Å². The third kappa shape index (κ3) is 4.61. The molecule has 0 spiro atoms. The highest BCUT2D eigenvalue weighted by Gasteiger charge is 2.41. The fourth-order valence-corrected chi connectivity index (χ4v) is 5.46. The minimum atomic E-state index is -1.20. The van der Waals surface area contributed by atoms with Crippen LogP contribution in [0.4, 0.5) is 0 Å². The lowest BCUT2D eigenvalue weighted by atomic mass is 10.0. The molecule has 0 N–H and O–H groups in total. The maximum atomic E-state index is 12.0. The van der Waals surface area contributed by atoms with E-state index in [0.29, 0.717) is 11.3 Å². The van der Waals surface area contributed by atoms with Crippen molar-refractivity contribution >= 4 is 13.9 Å². The SMILES string of the molecule is CCCCCC#CC[C@@H]1C(=O)CC[C@H]1[Si](C)(C)C. The number of Topliss-reactive ketones (excluding diaryl/α,β-unsaturated/α-hetero) is 1. The second-order valence-corrected chi connectivity index (χ2v) is 12.1. The normalized spacial score (nSPS) is 23.9. The van der Waals surface area contributed by atoms with Gasteiger partial charge in [-0.1, -0.05) is 39.4 Å². The minimum absolute atomic E-state index is 0.260. The molecule has 0 unspecified atom stereocenters. The highest BCUT2D eigenvalue weighted by Crippen LogP contribution is 2.42. The van der Waals surface area contributed by atoms with Crippen LogP contribution in [0.1, 0.15) is 51.9 Å². The standard InChI is InChI=1S/C16H28OSi/c1-5-6-7-8-9-10-11-14-15(17)12-13-16(14)18(2,3)4/h14,16H,5-8,11-13H2,1-4H3/t14-,16-/m1/s1. The molecule has 0 saturated heterocycles. The molecule has 2 heteroatoms. The zero-order valence-electron chi connectivity index (χ0n) is 12.5. The highest BCUT2D eigenvalue weighted by molar-refractivity contribution is 6.78. The second kappa shape index (κ2) is 7.14. The zero-order valence-corrected chi connectivity index (χ0v) is 13.5. The molecule has 1 aliphatic rings. The van der Waals surface area contributed by atoms with Crippen LogP contribution in [-0.2, 0) is 4.79 Å². The van der Waals surface area contributed by atoms with Crippen molar-refractivity contribution in [2.45, 2.75) is 77.1 Å². The molecule has 1 aliphatic carbocycles. The van der Waals surface area contributed by atoms with Gasteiger partial charge in [0.15, 0.2) is 0 Å². The monoisotopic (exact) mass is 264 g/mol. The first-order valence-electron chi connectivity index (χ1n) is 7.45. The van der Waals surface area contributed by atoms with Crippen molar-refractivity contribution in [1.29, 1.82) is 0 Å². The van der Waals surface area contributed by atoms with Crippen LogP contribution in [-0.4, -0.2) is 13.9 Å². The van der Waals surface area contributed by atoms with Crippen molar-refractivity contribution in [3.05, 3.63) is 0 Å². The van der Waals surface area contributed by atoms with Gasteiger partial charge in [0.25, 0.3) is 0 Å². The fourth-order valence-electron chi connectivity index (χ4n) is 2.94. The summed E-state index contributed by atoms with van der Waals surface area (Å²) >= 11 is 0. The second-order valence-electron chi connectivity index (χ2n) is 6.60. The number of hydrogen-bond acceptors (Lipinski definition) is 1. The molecular weight excluding hydrogens is 236 g/mol. The van der Waals surface area contributed by atoms with Crippen molar-refractivity contribution in [2.75, 3.05) is 0 Å². The molecule has 2 atom stereocenters. The van der Waals surface area contributed by atoms with Crippen LogP contribution < -0.4 is 0 Å². The van der Waals surface area contributed by atoms with Gasteiger partial charge in [0.2, 0.25) is 0 Å². The maximum Gasteiger partial charge on any atom is 0.136 e. The van der Waals surface area contributed by atoms with Crippen LogP contribution in [0.15, 0.2) is 0 Å². The summed E-state index contributed by atoms with van der Waals surface area (Å²) in [6, 6.07) is 0. The molecule has 102 valence electrons. The Hall–Kier alpha value is -0.553. The van der Waals surface area contributed by atoms with E-state index in [1.165, 1.54) is 19.3 Å². The third-order valence-electron chi connectivity index (χ3n) is 4.07. The maximum absolute atomic E-state index is 12.0. The van der Waals surface area contributed by atoms with Gasteiger partial charge in [-0.3, -0.25) is 4.79 Å². The van der Waals surface area contributed by atoms with Crippen molar-refractivity contribution < 1.29 is 4.79 Å². The quantitative estimate of drug-likeness (QED) is 0.401. The van der Waals surface area contributed by atoms with Crippen molar-refractivity contribution in [3.63, 3.8) is 0 Å². The van der Waals surface area contributed by atoms with Gasteiger partial charge in [-0.25, -0.2) is 0 Å². The molecule has 1 nitrogen and oxygen atoms in total. The van der Waals surface area contributed by atoms with E-state index in [4.69, 9.17) is 0 Å². The summed E-state index contributed by atoms with van der Waals surface area (Å²) in [6.45, 7) is 9.37. The van der Waals surface area contributed by atoms with Gasteiger partial charge in [0.1, 0.15) is 5.78 Å². The minimum Gasteiger partial charge on any atom is -0.299 e. The number of carbonyl (C=O) groups is 1. The van der Waals surface area contributed by atoms with Gasteiger partial charge >= 0.3 is 0 Å². The Morgan fingerprint density at radius 1 is 1.22 bits per heavy atom. The molecule has 0 heterocycles. The molecule has 0 aromatic rings. The molecule has 0 amide bonds. The molecule has 0 aromatic carbocycles. The highest BCUT2D eigenvalue weighted by atomic mass is 28.3. The Morgan fingerprint density at radius 2 is 1.94 bits per heavy atom. The molecular formula is C16H28OSi. The lowest BCUT2D eigenvalue weighted by molar-refractivity contribution is -0.120. The molecule has 0 bridgehead atoms. The molecule has 0 aliphatic heterocycles. The summed E-state index contributed by atoms with van der Waals surface area (Å²) in [4.78, 5) is 12.0. The molecule has 1 saturated carbocycles. The summed E-state index contributed by atoms with van der Waals surface area (Å²) in [5.74, 6) is 7.26. The van der Waals surface area contributed by atoms with E-state index in [2.05, 4.69) is 38.4 Å². The Balaban J connectivity index is 2.45. The largest absolute Gasteiger partial charge is 0.299 e. The first-order valence-corrected chi connectivity index (χ1v) is 11.0. The lowest BCUT2D eigenvalue weighted by Gasteiger charge is -2.28. The van der Waals surface area contributed by atoms with Crippen molar-refractivity contribution in [3.8, 4) is 11.8 Å². The smallest absolute Gasteiger partial charge is 0.136 e. The Labute approximate surface area is 114 Å². The first kappa shape index (κ1) is 15.5. The summed E-state index contributed by atoms with van der Waals surface area (Å²) in [5.41, 5.74) is 0.662. The number of unbranched alkanes of at least 4 members (excludes halogenated alkanes) is 3. The molecule has 1 rings (SSSR count). The topological polar surface area (TPSA) is 17.1 Å². The summed E-state index contributed by atoms with van der Waals surface area (Å²) in [6.07, 6.45) is 7.48. The Kier molecular flexibility index (Phi) is 6.15. The molecule has 1 fully saturated rings. The number of ketones is 1. The van der Waals surface area contributed by atoms with Crippen LogP contribution in [0.25, 0.3) is 0 Å². The number of rotatable bonds is 5. The van der Waals surface area contributed by atoms with Gasteiger partial charge in [-0.05, 0) is 18.4 Å². The van der Waals surface area contributed by atoms with Gasteiger partial charge in [0, 0.05) is 33.3 Å². The predicted molar refractivity (Wildman–Crippen MR) is 81.4 cm³/mol. The molecule has 0 radical (unpaired) electrons. The zero-order chi connectivity index (χ0) is 13.6. The Bertz CT molecular complexity index is 329. The van der Waals surface area contributed by atoms with E-state index in [1.807, 2.05) is 0 Å². The molecule has 18 heavy (non-hydrogen) atoms. The third-order valence-corrected chi connectivity index (χ3v) is 6.98. The van der Waals surface area contributed by atoms with Crippen molar-refractivity contribution in [1.82, 2.24) is 0 Å². The van der Waals surface area contributed by atoms with Crippen LogP contribution in [0.2, 0.25) is 25.2 Å². The fraction of sp³-hybridized carbons (Fsp3) is 0.812. The van der Waals surface area contributed by atoms with Crippen LogP contribution in [0.3, 0.4) is 0 Å². The van der Waals surface area contributed by atoms with E-state index >= 15 is 0 Å².